The van der Waals surface area contributed by atoms with Gasteiger partial charge in [0, 0.05) is 20.9 Å². The van der Waals surface area contributed by atoms with Crippen molar-refractivity contribution in [2.45, 2.75) is 39.3 Å². The van der Waals surface area contributed by atoms with Gasteiger partial charge in [-0.15, -0.1) is 11.3 Å². The molecule has 0 aliphatic rings. The maximum atomic E-state index is 3.83. The van der Waals surface area contributed by atoms with Crippen LogP contribution in [0.25, 0.3) is 0 Å². The molecule has 1 heterocycles. The van der Waals surface area contributed by atoms with E-state index in [0.717, 1.165) is 4.47 Å². The van der Waals surface area contributed by atoms with Crippen molar-refractivity contribution in [3.8, 4) is 0 Å². The lowest BCUT2D eigenvalue weighted by atomic mass is 9.91. The van der Waals surface area contributed by atoms with Crippen molar-refractivity contribution in [2.24, 2.45) is 5.92 Å². The minimum atomic E-state index is -0.0559. The molecule has 1 unspecified atom stereocenters. The van der Waals surface area contributed by atoms with E-state index in [4.69, 9.17) is 0 Å². The molecular formula is C17H22BrNS. The third-order valence-corrected chi connectivity index (χ3v) is 5.08. The molecule has 1 N–H and O–H groups in total. The SMILES string of the molecule is CC(C)C(NC(C)(C)c1ccc(Br)cc1)c1cccs1. The largest absolute Gasteiger partial charge is 0.300 e. The highest BCUT2D eigenvalue weighted by molar-refractivity contribution is 9.10. The van der Waals surface area contributed by atoms with Crippen LogP contribution in [0.4, 0.5) is 0 Å². The van der Waals surface area contributed by atoms with E-state index in [9.17, 15) is 0 Å². The molecule has 20 heavy (non-hydrogen) atoms. The minimum Gasteiger partial charge on any atom is -0.300 e. The van der Waals surface area contributed by atoms with Gasteiger partial charge in [0.2, 0.25) is 0 Å². The van der Waals surface area contributed by atoms with Gasteiger partial charge in [-0.3, -0.25) is 5.32 Å². The Morgan fingerprint density at radius 3 is 2.25 bits per heavy atom. The normalized spacial score (nSPS) is 13.7. The second-order valence-electron chi connectivity index (χ2n) is 6.01. The fraction of sp³-hybridized carbons (Fsp3) is 0.412. The molecular weight excluding hydrogens is 330 g/mol. The van der Waals surface area contributed by atoms with Gasteiger partial charge in [0.25, 0.3) is 0 Å². The summed E-state index contributed by atoms with van der Waals surface area (Å²) in [5.41, 5.74) is 1.25. The second-order valence-corrected chi connectivity index (χ2v) is 7.91. The summed E-state index contributed by atoms with van der Waals surface area (Å²) in [4.78, 5) is 1.41. The summed E-state index contributed by atoms with van der Waals surface area (Å²) in [6, 6.07) is 13.3. The van der Waals surface area contributed by atoms with Crippen molar-refractivity contribution in [1.29, 1.82) is 0 Å². The molecule has 1 atom stereocenters. The van der Waals surface area contributed by atoms with Crippen molar-refractivity contribution < 1.29 is 0 Å². The minimum absolute atomic E-state index is 0.0559. The van der Waals surface area contributed by atoms with E-state index < -0.39 is 0 Å². The zero-order valence-electron chi connectivity index (χ0n) is 12.5. The fourth-order valence-corrected chi connectivity index (χ4v) is 3.59. The molecule has 0 saturated heterocycles. The molecule has 3 heteroatoms. The number of hydrogen-bond donors (Lipinski definition) is 1. The lowest BCUT2D eigenvalue weighted by Crippen LogP contribution is -2.40. The Labute approximate surface area is 134 Å². The molecule has 108 valence electrons. The van der Waals surface area contributed by atoms with Gasteiger partial charge in [-0.05, 0) is 48.9 Å². The summed E-state index contributed by atoms with van der Waals surface area (Å²) in [6.07, 6.45) is 0. The van der Waals surface area contributed by atoms with Gasteiger partial charge in [-0.1, -0.05) is 48.0 Å². The van der Waals surface area contributed by atoms with E-state index in [1.54, 1.807) is 0 Å². The standard InChI is InChI=1S/C17H22BrNS/c1-12(2)16(15-6-5-11-20-15)19-17(3,4)13-7-9-14(18)10-8-13/h5-12,16,19H,1-4H3. The van der Waals surface area contributed by atoms with Crippen LogP contribution in [-0.4, -0.2) is 0 Å². The summed E-state index contributed by atoms with van der Waals surface area (Å²) in [5, 5.41) is 5.98. The van der Waals surface area contributed by atoms with E-state index in [0.29, 0.717) is 12.0 Å². The lowest BCUT2D eigenvalue weighted by Gasteiger charge is -2.34. The Balaban J connectivity index is 2.23. The lowest BCUT2D eigenvalue weighted by molar-refractivity contribution is 0.296. The number of hydrogen-bond acceptors (Lipinski definition) is 2. The van der Waals surface area contributed by atoms with Crippen molar-refractivity contribution in [3.63, 3.8) is 0 Å². The van der Waals surface area contributed by atoms with Gasteiger partial charge in [0.1, 0.15) is 0 Å². The highest BCUT2D eigenvalue weighted by atomic mass is 79.9. The van der Waals surface area contributed by atoms with E-state index in [2.05, 4.69) is 90.7 Å². The highest BCUT2D eigenvalue weighted by Gasteiger charge is 2.27. The van der Waals surface area contributed by atoms with Gasteiger partial charge in [-0.2, -0.15) is 0 Å². The fourth-order valence-electron chi connectivity index (χ4n) is 2.37. The van der Waals surface area contributed by atoms with E-state index in [1.807, 2.05) is 11.3 Å². The number of benzene rings is 1. The Kier molecular flexibility index (Phi) is 5.05. The smallest absolute Gasteiger partial charge is 0.0444 e. The van der Waals surface area contributed by atoms with Crippen molar-refractivity contribution in [3.05, 3.63) is 56.7 Å². The van der Waals surface area contributed by atoms with E-state index in [-0.39, 0.29) is 5.54 Å². The predicted octanol–water partition coefficient (Wildman–Crippen LogP) is 5.73. The molecule has 1 aromatic carbocycles. The van der Waals surface area contributed by atoms with Crippen LogP contribution in [0.2, 0.25) is 0 Å². The average Bonchev–Trinajstić information content (AvgIpc) is 2.90. The third-order valence-electron chi connectivity index (χ3n) is 3.60. The first-order valence-corrected chi connectivity index (χ1v) is 8.64. The number of thiophene rings is 1. The molecule has 1 aromatic heterocycles. The Morgan fingerprint density at radius 2 is 1.75 bits per heavy atom. The Bertz CT molecular complexity index is 529. The van der Waals surface area contributed by atoms with Gasteiger partial charge < -0.3 is 0 Å². The third kappa shape index (κ3) is 3.72. The predicted molar refractivity (Wildman–Crippen MR) is 92.2 cm³/mol. The van der Waals surface area contributed by atoms with E-state index in [1.165, 1.54) is 10.4 Å². The molecule has 0 saturated carbocycles. The van der Waals surface area contributed by atoms with Crippen molar-refractivity contribution in [1.82, 2.24) is 5.32 Å². The zero-order chi connectivity index (χ0) is 14.8. The second kappa shape index (κ2) is 6.42. The summed E-state index contributed by atoms with van der Waals surface area (Å²) >= 11 is 5.33. The molecule has 0 radical (unpaired) electrons. The quantitative estimate of drug-likeness (QED) is 0.724. The number of rotatable bonds is 5. The first-order chi connectivity index (χ1) is 9.40. The van der Waals surface area contributed by atoms with Gasteiger partial charge in [0.05, 0.1) is 0 Å². The van der Waals surface area contributed by atoms with Crippen LogP contribution in [0, 0.1) is 5.92 Å². The van der Waals surface area contributed by atoms with Gasteiger partial charge >= 0.3 is 0 Å². The molecule has 0 aliphatic carbocycles. The molecule has 1 nitrogen and oxygen atoms in total. The summed E-state index contributed by atoms with van der Waals surface area (Å²) in [6.45, 7) is 9.04. The van der Waals surface area contributed by atoms with Crippen LogP contribution in [-0.2, 0) is 5.54 Å². The van der Waals surface area contributed by atoms with Crippen molar-refractivity contribution in [2.75, 3.05) is 0 Å². The van der Waals surface area contributed by atoms with Crippen LogP contribution < -0.4 is 5.32 Å². The molecule has 0 fully saturated rings. The summed E-state index contributed by atoms with van der Waals surface area (Å²) < 4.78 is 1.12. The van der Waals surface area contributed by atoms with Crippen molar-refractivity contribution >= 4 is 27.3 Å². The van der Waals surface area contributed by atoms with Crippen LogP contribution in [0.3, 0.4) is 0 Å². The van der Waals surface area contributed by atoms with Gasteiger partial charge in [0.15, 0.2) is 0 Å². The monoisotopic (exact) mass is 351 g/mol. The molecule has 2 aromatic rings. The summed E-state index contributed by atoms with van der Waals surface area (Å²) in [7, 11) is 0. The Morgan fingerprint density at radius 1 is 1.10 bits per heavy atom. The molecule has 0 spiro atoms. The molecule has 2 rings (SSSR count). The van der Waals surface area contributed by atoms with Crippen LogP contribution in [0.15, 0.2) is 46.3 Å². The summed E-state index contributed by atoms with van der Waals surface area (Å²) in [5.74, 6) is 0.559. The average molecular weight is 352 g/mol. The highest BCUT2D eigenvalue weighted by Crippen LogP contribution is 2.31. The Hall–Kier alpha value is -0.640. The topological polar surface area (TPSA) is 12.0 Å². The maximum absolute atomic E-state index is 3.83. The first-order valence-electron chi connectivity index (χ1n) is 6.97. The molecule has 0 aliphatic heterocycles. The van der Waals surface area contributed by atoms with E-state index >= 15 is 0 Å². The van der Waals surface area contributed by atoms with Crippen LogP contribution in [0.1, 0.15) is 44.2 Å². The molecule has 0 bridgehead atoms. The van der Waals surface area contributed by atoms with Crippen LogP contribution in [0.5, 0.6) is 0 Å². The first kappa shape index (κ1) is 15.7. The number of nitrogens with one attached hydrogen (secondary N) is 1. The number of halogens is 1. The molecule has 0 amide bonds. The maximum Gasteiger partial charge on any atom is 0.0444 e. The van der Waals surface area contributed by atoms with Crippen LogP contribution >= 0.6 is 27.3 Å². The van der Waals surface area contributed by atoms with Gasteiger partial charge in [-0.25, -0.2) is 0 Å². The zero-order valence-corrected chi connectivity index (χ0v) is 14.9.